The van der Waals surface area contributed by atoms with Crippen LogP contribution in [-0.2, 0) is 0 Å². The van der Waals surface area contributed by atoms with E-state index in [9.17, 15) is 0 Å². The van der Waals surface area contributed by atoms with Crippen molar-refractivity contribution >= 4 is 5.71 Å². The minimum atomic E-state index is 0.354. The quantitative estimate of drug-likeness (QED) is 0.543. The second-order valence-electron chi connectivity index (χ2n) is 4.89. The largest absolute Gasteiger partial charge is 0.411 e. The predicted octanol–water partition coefficient (Wildman–Crippen LogP) is 2.68. The van der Waals surface area contributed by atoms with Gasteiger partial charge >= 0.3 is 0 Å². The lowest BCUT2D eigenvalue weighted by atomic mass is 9.90. The summed E-state index contributed by atoms with van der Waals surface area (Å²) in [5, 5.41) is 16.1. The molecular weight excluding hydrogens is 188 g/mol. The molecule has 0 bridgehead atoms. The second kappa shape index (κ2) is 5.50. The average Bonchev–Trinajstić information content (AvgIpc) is 2.31. The summed E-state index contributed by atoms with van der Waals surface area (Å²) >= 11 is 0. The van der Waals surface area contributed by atoms with Gasteiger partial charge in [-0.2, -0.15) is 0 Å². The molecule has 0 aliphatic heterocycles. The Morgan fingerprint density at radius 1 is 1.00 bits per heavy atom. The van der Waals surface area contributed by atoms with Crippen molar-refractivity contribution in [2.45, 2.75) is 69.9 Å². The highest BCUT2D eigenvalue weighted by molar-refractivity contribution is 5.89. The van der Waals surface area contributed by atoms with Gasteiger partial charge in [0.05, 0.1) is 5.71 Å². The van der Waals surface area contributed by atoms with Crippen LogP contribution in [0.25, 0.3) is 0 Å². The monoisotopic (exact) mass is 210 g/mol. The molecule has 2 aliphatic rings. The predicted molar refractivity (Wildman–Crippen MR) is 61.5 cm³/mol. The summed E-state index contributed by atoms with van der Waals surface area (Å²) in [6.45, 7) is 0. The summed E-state index contributed by atoms with van der Waals surface area (Å²) in [5.74, 6) is 0. The summed E-state index contributed by atoms with van der Waals surface area (Å²) in [6, 6.07) is 1.02. The van der Waals surface area contributed by atoms with Crippen LogP contribution in [0.4, 0.5) is 0 Å². The standard InChI is InChI=1S/C12H22N2O/c15-14-12-9-5-4-8-11(12)13-10-6-2-1-3-7-10/h10-11,13,15H,1-9H2/b14-12+. The van der Waals surface area contributed by atoms with E-state index in [1.54, 1.807) is 0 Å². The van der Waals surface area contributed by atoms with E-state index in [4.69, 9.17) is 5.21 Å². The number of nitrogens with one attached hydrogen (secondary N) is 1. The third-order valence-electron chi connectivity index (χ3n) is 3.75. The van der Waals surface area contributed by atoms with Crippen molar-refractivity contribution in [1.82, 2.24) is 5.32 Å². The number of nitrogens with zero attached hydrogens (tertiary/aromatic N) is 1. The first-order chi connectivity index (χ1) is 7.40. The van der Waals surface area contributed by atoms with Crippen molar-refractivity contribution in [2.75, 3.05) is 0 Å². The minimum absolute atomic E-state index is 0.354. The highest BCUT2D eigenvalue weighted by Crippen LogP contribution is 2.21. The van der Waals surface area contributed by atoms with Crippen LogP contribution in [0.5, 0.6) is 0 Å². The van der Waals surface area contributed by atoms with Gasteiger partial charge in [0.2, 0.25) is 0 Å². The first kappa shape index (κ1) is 10.9. The maximum atomic E-state index is 8.94. The molecule has 2 fully saturated rings. The van der Waals surface area contributed by atoms with E-state index >= 15 is 0 Å². The number of hydrogen-bond acceptors (Lipinski definition) is 3. The Hall–Kier alpha value is -0.570. The zero-order valence-electron chi connectivity index (χ0n) is 9.41. The summed E-state index contributed by atoms with van der Waals surface area (Å²) in [6.07, 6.45) is 11.3. The Morgan fingerprint density at radius 2 is 1.73 bits per heavy atom. The van der Waals surface area contributed by atoms with Crippen LogP contribution in [0.3, 0.4) is 0 Å². The van der Waals surface area contributed by atoms with Crippen molar-refractivity contribution in [3.05, 3.63) is 0 Å². The Kier molecular flexibility index (Phi) is 4.01. The first-order valence-corrected chi connectivity index (χ1v) is 6.37. The van der Waals surface area contributed by atoms with Gasteiger partial charge in [-0.25, -0.2) is 0 Å². The molecule has 2 aliphatic carbocycles. The van der Waals surface area contributed by atoms with Crippen LogP contribution in [0, 0.1) is 0 Å². The third-order valence-corrected chi connectivity index (χ3v) is 3.75. The van der Waals surface area contributed by atoms with Gasteiger partial charge in [-0.1, -0.05) is 30.8 Å². The summed E-state index contributed by atoms with van der Waals surface area (Å²) in [4.78, 5) is 0. The topological polar surface area (TPSA) is 44.6 Å². The van der Waals surface area contributed by atoms with E-state index in [0.29, 0.717) is 12.1 Å². The van der Waals surface area contributed by atoms with Crippen LogP contribution in [0.2, 0.25) is 0 Å². The summed E-state index contributed by atoms with van der Waals surface area (Å²) in [7, 11) is 0. The zero-order valence-corrected chi connectivity index (χ0v) is 9.41. The average molecular weight is 210 g/mol. The van der Waals surface area contributed by atoms with Crippen molar-refractivity contribution in [3.63, 3.8) is 0 Å². The molecule has 86 valence electrons. The van der Waals surface area contributed by atoms with E-state index < -0.39 is 0 Å². The van der Waals surface area contributed by atoms with Crippen LogP contribution in [0.15, 0.2) is 5.16 Å². The molecule has 1 unspecified atom stereocenters. The molecule has 0 radical (unpaired) electrons. The van der Waals surface area contributed by atoms with Gasteiger partial charge in [0.15, 0.2) is 0 Å². The van der Waals surface area contributed by atoms with Crippen molar-refractivity contribution in [1.29, 1.82) is 0 Å². The van der Waals surface area contributed by atoms with Crippen LogP contribution in [0.1, 0.15) is 57.8 Å². The zero-order chi connectivity index (χ0) is 10.5. The van der Waals surface area contributed by atoms with E-state index in [1.807, 2.05) is 0 Å². The van der Waals surface area contributed by atoms with Crippen LogP contribution in [-0.4, -0.2) is 23.0 Å². The number of rotatable bonds is 2. The van der Waals surface area contributed by atoms with Gasteiger partial charge in [-0.3, -0.25) is 0 Å². The summed E-state index contributed by atoms with van der Waals surface area (Å²) in [5.41, 5.74) is 0.979. The molecule has 0 amide bonds. The van der Waals surface area contributed by atoms with Crippen LogP contribution >= 0.6 is 0 Å². The highest BCUT2D eigenvalue weighted by atomic mass is 16.4. The fraction of sp³-hybridized carbons (Fsp3) is 0.917. The SMILES string of the molecule is O/N=C1\CCCCC1NC1CCCCC1. The van der Waals surface area contributed by atoms with Gasteiger partial charge in [-0.15, -0.1) is 0 Å². The summed E-state index contributed by atoms with van der Waals surface area (Å²) < 4.78 is 0. The van der Waals surface area contributed by atoms with Gasteiger partial charge in [0.25, 0.3) is 0 Å². The lowest BCUT2D eigenvalue weighted by molar-refractivity contribution is 0.301. The molecule has 2 N–H and O–H groups in total. The molecular formula is C12H22N2O. The normalized spacial score (nSPS) is 32.0. The fourth-order valence-corrected chi connectivity index (χ4v) is 2.85. The Labute approximate surface area is 91.9 Å². The molecule has 0 saturated heterocycles. The molecule has 3 heteroatoms. The molecule has 0 aromatic heterocycles. The fourth-order valence-electron chi connectivity index (χ4n) is 2.85. The molecule has 3 nitrogen and oxygen atoms in total. The Bertz CT molecular complexity index is 222. The van der Waals surface area contributed by atoms with Gasteiger partial charge in [0.1, 0.15) is 0 Å². The van der Waals surface area contributed by atoms with E-state index in [-0.39, 0.29) is 0 Å². The molecule has 1 atom stereocenters. The maximum Gasteiger partial charge on any atom is 0.0739 e. The van der Waals surface area contributed by atoms with E-state index in [0.717, 1.165) is 18.6 Å². The van der Waals surface area contributed by atoms with E-state index in [2.05, 4.69) is 10.5 Å². The van der Waals surface area contributed by atoms with Gasteiger partial charge < -0.3 is 10.5 Å². The minimum Gasteiger partial charge on any atom is -0.411 e. The number of oxime groups is 1. The van der Waals surface area contributed by atoms with Crippen molar-refractivity contribution < 1.29 is 5.21 Å². The molecule has 0 aromatic rings. The maximum absolute atomic E-state index is 8.94. The van der Waals surface area contributed by atoms with Crippen molar-refractivity contribution in [2.24, 2.45) is 5.16 Å². The highest BCUT2D eigenvalue weighted by Gasteiger charge is 2.24. The van der Waals surface area contributed by atoms with E-state index in [1.165, 1.54) is 44.9 Å². The lowest BCUT2D eigenvalue weighted by Gasteiger charge is -2.31. The van der Waals surface area contributed by atoms with Crippen LogP contribution < -0.4 is 5.32 Å². The molecule has 0 spiro atoms. The van der Waals surface area contributed by atoms with Gasteiger partial charge in [-0.05, 0) is 32.1 Å². The number of hydrogen-bond donors (Lipinski definition) is 2. The molecule has 15 heavy (non-hydrogen) atoms. The first-order valence-electron chi connectivity index (χ1n) is 6.37. The molecule has 2 saturated carbocycles. The third kappa shape index (κ3) is 2.94. The Balaban J connectivity index is 1.85. The molecule has 0 heterocycles. The lowest BCUT2D eigenvalue weighted by Crippen LogP contribution is -2.45. The van der Waals surface area contributed by atoms with Gasteiger partial charge in [0, 0.05) is 12.1 Å². The van der Waals surface area contributed by atoms with Crippen molar-refractivity contribution in [3.8, 4) is 0 Å². The second-order valence-corrected chi connectivity index (χ2v) is 4.89. The molecule has 2 rings (SSSR count). The Morgan fingerprint density at radius 3 is 2.47 bits per heavy atom. The molecule has 0 aromatic carbocycles. The smallest absolute Gasteiger partial charge is 0.0739 e.